The first-order valence-corrected chi connectivity index (χ1v) is 10.1. The molecule has 6 rings (SSSR count). The largest absolute Gasteiger partial charge is 0.374 e. The van der Waals surface area contributed by atoms with Crippen molar-refractivity contribution in [2.24, 2.45) is 0 Å². The molecule has 0 unspecified atom stereocenters. The minimum atomic E-state index is -0.139. The topological polar surface area (TPSA) is 76.0 Å². The van der Waals surface area contributed by atoms with E-state index in [9.17, 15) is 4.79 Å². The van der Waals surface area contributed by atoms with Crippen LogP contribution in [0.5, 0.6) is 0 Å². The molecule has 0 spiro atoms. The Kier molecular flexibility index (Phi) is 3.30. The SMILES string of the molecule is Cc1cc(C2CC2)cc(C)c1-n1cc2c(=O)[nH]c(N3C[C@@H]4C[C@H]3CO4)nc2n1. The van der Waals surface area contributed by atoms with Crippen molar-refractivity contribution >= 4 is 17.0 Å². The molecule has 1 aliphatic carbocycles. The van der Waals surface area contributed by atoms with Gasteiger partial charge in [-0.15, -0.1) is 5.10 Å². The highest BCUT2D eigenvalue weighted by molar-refractivity contribution is 5.75. The summed E-state index contributed by atoms with van der Waals surface area (Å²) in [5.74, 6) is 1.33. The second-order valence-electron chi connectivity index (χ2n) is 8.48. The molecule has 7 heteroatoms. The van der Waals surface area contributed by atoms with Crippen LogP contribution < -0.4 is 10.5 Å². The lowest BCUT2D eigenvalue weighted by molar-refractivity contribution is 0.0986. The molecule has 3 aliphatic rings. The van der Waals surface area contributed by atoms with Gasteiger partial charge in [0.2, 0.25) is 5.95 Å². The summed E-state index contributed by atoms with van der Waals surface area (Å²) in [6, 6.07) is 4.82. The van der Waals surface area contributed by atoms with Crippen molar-refractivity contribution in [2.75, 3.05) is 18.1 Å². The van der Waals surface area contributed by atoms with E-state index in [1.165, 1.54) is 29.5 Å². The van der Waals surface area contributed by atoms with Gasteiger partial charge in [0.05, 0.1) is 24.4 Å². The molecule has 144 valence electrons. The van der Waals surface area contributed by atoms with Gasteiger partial charge in [-0.1, -0.05) is 12.1 Å². The van der Waals surface area contributed by atoms with Crippen LogP contribution in [0.1, 0.15) is 41.9 Å². The number of hydrogen-bond acceptors (Lipinski definition) is 5. The zero-order valence-electron chi connectivity index (χ0n) is 16.1. The first-order valence-electron chi connectivity index (χ1n) is 10.1. The molecule has 2 saturated heterocycles. The summed E-state index contributed by atoms with van der Waals surface area (Å²) in [7, 11) is 0. The molecule has 2 atom stereocenters. The van der Waals surface area contributed by atoms with Crippen molar-refractivity contribution in [3.8, 4) is 5.69 Å². The van der Waals surface area contributed by atoms with Crippen LogP contribution in [0.4, 0.5) is 5.95 Å². The Balaban J connectivity index is 1.44. The van der Waals surface area contributed by atoms with Gasteiger partial charge in [0, 0.05) is 12.7 Å². The monoisotopic (exact) mass is 377 g/mol. The average Bonchev–Trinajstić information content (AvgIpc) is 3.08. The Morgan fingerprint density at radius 2 is 2.00 bits per heavy atom. The zero-order chi connectivity index (χ0) is 19.0. The van der Waals surface area contributed by atoms with Crippen LogP contribution in [-0.4, -0.2) is 45.0 Å². The highest BCUT2D eigenvalue weighted by Crippen LogP contribution is 2.41. The summed E-state index contributed by atoms with van der Waals surface area (Å²) in [5.41, 5.74) is 5.17. The van der Waals surface area contributed by atoms with Crippen LogP contribution in [0.25, 0.3) is 16.7 Å². The smallest absolute Gasteiger partial charge is 0.263 e. The molecule has 3 aromatic rings. The minimum absolute atomic E-state index is 0.139. The molecule has 28 heavy (non-hydrogen) atoms. The molecule has 7 nitrogen and oxygen atoms in total. The van der Waals surface area contributed by atoms with E-state index in [0.717, 1.165) is 24.6 Å². The molecule has 1 saturated carbocycles. The average molecular weight is 377 g/mol. The van der Waals surface area contributed by atoms with E-state index in [1.807, 2.05) is 4.68 Å². The Hall–Kier alpha value is -2.67. The predicted molar refractivity (Wildman–Crippen MR) is 106 cm³/mol. The van der Waals surface area contributed by atoms with Gasteiger partial charge >= 0.3 is 0 Å². The van der Waals surface area contributed by atoms with Crippen LogP contribution in [0.2, 0.25) is 0 Å². The molecule has 4 heterocycles. The summed E-state index contributed by atoms with van der Waals surface area (Å²) in [6.45, 7) is 5.71. The van der Waals surface area contributed by atoms with Gasteiger partial charge in [-0.3, -0.25) is 9.78 Å². The molecular formula is C21H23N5O2. The van der Waals surface area contributed by atoms with Crippen molar-refractivity contribution in [1.82, 2.24) is 19.7 Å². The number of nitrogens with zero attached hydrogens (tertiary/aromatic N) is 4. The molecule has 1 aromatic carbocycles. The number of aromatic amines is 1. The van der Waals surface area contributed by atoms with Gasteiger partial charge in [0.15, 0.2) is 5.65 Å². The van der Waals surface area contributed by atoms with Crippen molar-refractivity contribution in [1.29, 1.82) is 0 Å². The van der Waals surface area contributed by atoms with Gasteiger partial charge in [0.1, 0.15) is 5.39 Å². The highest BCUT2D eigenvalue weighted by atomic mass is 16.5. The van der Waals surface area contributed by atoms with Crippen LogP contribution in [-0.2, 0) is 4.74 Å². The second kappa shape index (κ2) is 5.67. The second-order valence-corrected chi connectivity index (χ2v) is 8.48. The van der Waals surface area contributed by atoms with E-state index in [-0.39, 0.29) is 11.7 Å². The number of benzene rings is 1. The van der Waals surface area contributed by atoms with Gasteiger partial charge in [0.25, 0.3) is 5.56 Å². The van der Waals surface area contributed by atoms with Gasteiger partial charge < -0.3 is 9.64 Å². The van der Waals surface area contributed by atoms with Crippen molar-refractivity contribution < 1.29 is 4.74 Å². The van der Waals surface area contributed by atoms with Crippen molar-refractivity contribution in [3.63, 3.8) is 0 Å². The molecule has 1 N–H and O–H groups in total. The van der Waals surface area contributed by atoms with Gasteiger partial charge in [-0.25, -0.2) is 4.68 Å². The maximum Gasteiger partial charge on any atom is 0.263 e. The van der Waals surface area contributed by atoms with E-state index in [2.05, 4.69) is 45.9 Å². The van der Waals surface area contributed by atoms with E-state index >= 15 is 0 Å². The molecular weight excluding hydrogens is 354 g/mol. The molecule has 2 bridgehead atoms. The third-order valence-electron chi connectivity index (χ3n) is 6.34. The molecule has 0 radical (unpaired) electrons. The van der Waals surface area contributed by atoms with E-state index in [0.29, 0.717) is 29.6 Å². The van der Waals surface area contributed by atoms with Gasteiger partial charge in [-0.05, 0) is 55.7 Å². The summed E-state index contributed by atoms with van der Waals surface area (Å²) in [5, 5.41) is 5.20. The Bertz CT molecular complexity index is 1140. The van der Waals surface area contributed by atoms with Crippen LogP contribution in [0.3, 0.4) is 0 Å². The summed E-state index contributed by atoms with van der Waals surface area (Å²) < 4.78 is 7.48. The maximum atomic E-state index is 12.7. The number of hydrogen-bond donors (Lipinski definition) is 1. The van der Waals surface area contributed by atoms with E-state index < -0.39 is 0 Å². The van der Waals surface area contributed by atoms with Gasteiger partial charge in [-0.2, -0.15) is 4.98 Å². The highest BCUT2D eigenvalue weighted by Gasteiger charge is 2.40. The number of anilines is 1. The number of morpholine rings is 1. The van der Waals surface area contributed by atoms with Crippen LogP contribution in [0, 0.1) is 13.8 Å². The lowest BCUT2D eigenvalue weighted by atomic mass is 10.0. The summed E-state index contributed by atoms with van der Waals surface area (Å²) >= 11 is 0. The molecule has 2 aliphatic heterocycles. The fourth-order valence-corrected chi connectivity index (χ4v) is 4.82. The van der Waals surface area contributed by atoms with Crippen LogP contribution >= 0.6 is 0 Å². The number of fused-ring (bicyclic) bond motifs is 3. The number of rotatable bonds is 3. The number of H-pyrrole nitrogens is 1. The third-order valence-corrected chi connectivity index (χ3v) is 6.34. The lowest BCUT2D eigenvalue weighted by Crippen LogP contribution is -2.38. The lowest BCUT2D eigenvalue weighted by Gasteiger charge is -2.26. The Morgan fingerprint density at radius 3 is 2.64 bits per heavy atom. The Morgan fingerprint density at radius 1 is 1.21 bits per heavy atom. The van der Waals surface area contributed by atoms with E-state index in [4.69, 9.17) is 4.74 Å². The fraction of sp³-hybridized carbons (Fsp3) is 0.476. The summed E-state index contributed by atoms with van der Waals surface area (Å²) in [6.07, 6.45) is 5.63. The predicted octanol–water partition coefficient (Wildman–Crippen LogP) is 2.58. The quantitative estimate of drug-likeness (QED) is 0.759. The number of aromatic nitrogens is 4. The van der Waals surface area contributed by atoms with Crippen molar-refractivity contribution in [2.45, 2.75) is 51.2 Å². The number of ether oxygens (including phenoxy) is 1. The maximum absolute atomic E-state index is 12.7. The molecule has 2 aromatic heterocycles. The zero-order valence-corrected chi connectivity index (χ0v) is 16.1. The number of nitrogens with one attached hydrogen (secondary N) is 1. The van der Waals surface area contributed by atoms with Crippen molar-refractivity contribution in [3.05, 3.63) is 45.4 Å². The normalized spacial score (nSPS) is 23.9. The molecule has 0 amide bonds. The first-order chi connectivity index (χ1) is 13.6. The molecule has 3 fully saturated rings. The minimum Gasteiger partial charge on any atom is -0.374 e. The van der Waals surface area contributed by atoms with Crippen LogP contribution in [0.15, 0.2) is 23.1 Å². The fourth-order valence-electron chi connectivity index (χ4n) is 4.82. The number of aryl methyl sites for hydroxylation is 2. The first kappa shape index (κ1) is 16.3. The summed E-state index contributed by atoms with van der Waals surface area (Å²) in [4.78, 5) is 22.5. The van der Waals surface area contributed by atoms with E-state index in [1.54, 1.807) is 6.20 Å². The Labute approximate surface area is 162 Å². The standard InChI is InChI=1S/C21H23N5O2/c1-11-5-14(13-3-4-13)6-12(2)18(11)26-9-17-19(24-26)22-21(23-20(17)27)25-8-16-7-15(25)10-28-16/h5-6,9,13,15-16H,3-4,7-8,10H2,1-2H3,(H,22,23,24,27)/t15-,16-/m0/s1. The third kappa shape index (κ3) is 2.42.